The molecule has 1 aromatic rings. The van der Waals surface area contributed by atoms with E-state index >= 15 is 0 Å². The number of carbonyl (C=O) groups excluding carboxylic acids is 1. The van der Waals surface area contributed by atoms with Gasteiger partial charge in [0.05, 0.1) is 0 Å². The number of rotatable bonds is 1. The van der Waals surface area contributed by atoms with Crippen LogP contribution in [-0.2, 0) is 17.8 Å². The summed E-state index contributed by atoms with van der Waals surface area (Å²) < 4.78 is 0. The number of hydrogen-bond acceptors (Lipinski definition) is 2. The maximum Gasteiger partial charge on any atom is 0.226 e. The second-order valence-corrected chi connectivity index (χ2v) is 6.42. The quantitative estimate of drug-likeness (QED) is 0.783. The minimum atomic E-state index is 0.301. The van der Waals surface area contributed by atoms with E-state index in [4.69, 9.17) is 5.73 Å². The van der Waals surface area contributed by atoms with Gasteiger partial charge >= 0.3 is 0 Å². The summed E-state index contributed by atoms with van der Waals surface area (Å²) in [5.41, 5.74) is 9.38. The van der Waals surface area contributed by atoms with E-state index in [9.17, 15) is 4.79 Å². The first-order valence-electron chi connectivity index (χ1n) is 7.37. The lowest BCUT2D eigenvalue weighted by molar-refractivity contribution is -0.136. The van der Waals surface area contributed by atoms with Gasteiger partial charge < -0.3 is 10.6 Å². The minimum absolute atomic E-state index is 0.301. The Hall–Kier alpha value is -1.51. The van der Waals surface area contributed by atoms with Gasteiger partial charge in [-0.05, 0) is 54.7 Å². The van der Waals surface area contributed by atoms with E-state index in [0.29, 0.717) is 18.4 Å². The zero-order chi connectivity index (χ0) is 13.0. The molecule has 3 aliphatic rings. The lowest BCUT2D eigenvalue weighted by atomic mass is 9.95. The normalized spacial score (nSPS) is 31.8. The van der Waals surface area contributed by atoms with Gasteiger partial charge in [0.2, 0.25) is 5.91 Å². The van der Waals surface area contributed by atoms with Crippen LogP contribution in [0.25, 0.3) is 0 Å². The van der Waals surface area contributed by atoms with Crippen LogP contribution < -0.4 is 5.73 Å². The monoisotopic (exact) mass is 256 g/mol. The third kappa shape index (κ3) is 1.83. The first-order valence-corrected chi connectivity index (χ1v) is 7.37. The van der Waals surface area contributed by atoms with Crippen LogP contribution in [0.2, 0.25) is 0 Å². The molecular weight excluding hydrogens is 236 g/mol. The highest BCUT2D eigenvalue weighted by atomic mass is 16.2. The average Bonchev–Trinajstić information content (AvgIpc) is 3.05. The van der Waals surface area contributed by atoms with Crippen molar-refractivity contribution in [3.05, 3.63) is 29.3 Å². The van der Waals surface area contributed by atoms with Gasteiger partial charge in [0.1, 0.15) is 0 Å². The molecule has 0 radical (unpaired) electrons. The summed E-state index contributed by atoms with van der Waals surface area (Å²) in [7, 11) is 0. The van der Waals surface area contributed by atoms with Crippen molar-refractivity contribution in [1.29, 1.82) is 0 Å². The molecular formula is C16H20N2O. The highest BCUT2D eigenvalue weighted by molar-refractivity contribution is 5.80. The van der Waals surface area contributed by atoms with Crippen LogP contribution in [0, 0.1) is 17.8 Å². The van der Waals surface area contributed by atoms with Gasteiger partial charge in [0.25, 0.3) is 0 Å². The second kappa shape index (κ2) is 3.99. The molecule has 2 atom stereocenters. The van der Waals surface area contributed by atoms with E-state index in [-0.39, 0.29) is 0 Å². The molecule has 100 valence electrons. The highest BCUT2D eigenvalue weighted by Gasteiger charge is 2.48. The van der Waals surface area contributed by atoms with Crippen LogP contribution in [0.1, 0.15) is 30.4 Å². The van der Waals surface area contributed by atoms with E-state index in [1.165, 1.54) is 17.5 Å². The first kappa shape index (κ1) is 11.3. The zero-order valence-corrected chi connectivity index (χ0v) is 11.1. The molecule has 3 heteroatoms. The molecule has 2 saturated carbocycles. The maximum atomic E-state index is 12.6. The Bertz CT molecular complexity index is 530. The van der Waals surface area contributed by atoms with E-state index in [1.807, 2.05) is 17.0 Å². The first-order chi connectivity index (χ1) is 9.22. The number of fused-ring (bicyclic) bond motifs is 2. The smallest absolute Gasteiger partial charge is 0.226 e. The molecule has 0 bridgehead atoms. The predicted molar refractivity (Wildman–Crippen MR) is 74.3 cm³/mol. The number of nitrogens with zero attached hydrogens (tertiary/aromatic N) is 1. The van der Waals surface area contributed by atoms with Crippen LogP contribution in [0.15, 0.2) is 18.2 Å². The van der Waals surface area contributed by atoms with E-state index in [0.717, 1.165) is 43.3 Å². The Kier molecular flexibility index (Phi) is 2.38. The van der Waals surface area contributed by atoms with Crippen LogP contribution in [0.3, 0.4) is 0 Å². The summed E-state index contributed by atoms with van der Waals surface area (Å²) in [6.07, 6.45) is 4.60. The van der Waals surface area contributed by atoms with Crippen molar-refractivity contribution in [3.63, 3.8) is 0 Å². The number of carbonyl (C=O) groups is 1. The summed E-state index contributed by atoms with van der Waals surface area (Å²) in [5, 5.41) is 0. The molecule has 1 heterocycles. The molecule has 3 nitrogen and oxygen atoms in total. The van der Waals surface area contributed by atoms with Crippen molar-refractivity contribution in [2.24, 2.45) is 17.8 Å². The maximum absolute atomic E-state index is 12.6. The molecule has 0 saturated heterocycles. The van der Waals surface area contributed by atoms with Gasteiger partial charge in [-0.2, -0.15) is 0 Å². The Morgan fingerprint density at radius 1 is 1.21 bits per heavy atom. The molecule has 1 aromatic carbocycles. The lowest BCUT2D eigenvalue weighted by Crippen LogP contribution is -2.39. The molecule has 2 N–H and O–H groups in total. The largest absolute Gasteiger partial charge is 0.398 e. The van der Waals surface area contributed by atoms with Crippen molar-refractivity contribution >= 4 is 11.6 Å². The predicted octanol–water partition coefficient (Wildman–Crippen LogP) is 2.20. The van der Waals surface area contributed by atoms with Crippen LogP contribution in [0.4, 0.5) is 5.69 Å². The Morgan fingerprint density at radius 3 is 2.79 bits per heavy atom. The molecule has 4 rings (SSSR count). The number of amides is 1. The number of nitrogens with two attached hydrogens (primary N) is 1. The summed E-state index contributed by atoms with van der Waals surface area (Å²) in [4.78, 5) is 14.6. The number of nitrogen functional groups attached to an aromatic ring is 1. The van der Waals surface area contributed by atoms with Crippen molar-refractivity contribution in [2.75, 3.05) is 12.3 Å². The molecule has 1 aliphatic heterocycles. The summed E-state index contributed by atoms with van der Waals surface area (Å²) in [6, 6.07) is 6.09. The van der Waals surface area contributed by atoms with Gasteiger partial charge in [-0.3, -0.25) is 4.79 Å². The summed E-state index contributed by atoms with van der Waals surface area (Å²) in [5.74, 6) is 2.42. The third-order valence-corrected chi connectivity index (χ3v) is 5.21. The lowest BCUT2D eigenvalue weighted by Gasteiger charge is -2.32. The Balaban J connectivity index is 1.51. The molecule has 2 unspecified atom stereocenters. The van der Waals surface area contributed by atoms with Gasteiger partial charge in [0.15, 0.2) is 0 Å². The fourth-order valence-electron chi connectivity index (χ4n) is 3.97. The van der Waals surface area contributed by atoms with Gasteiger partial charge in [-0.1, -0.05) is 12.1 Å². The van der Waals surface area contributed by atoms with Gasteiger partial charge in [0, 0.05) is 24.7 Å². The van der Waals surface area contributed by atoms with E-state index < -0.39 is 0 Å². The minimum Gasteiger partial charge on any atom is -0.398 e. The zero-order valence-electron chi connectivity index (χ0n) is 11.1. The molecule has 0 spiro atoms. The summed E-state index contributed by atoms with van der Waals surface area (Å²) in [6.45, 7) is 1.58. The molecule has 1 amide bonds. The fourth-order valence-corrected chi connectivity index (χ4v) is 3.97. The summed E-state index contributed by atoms with van der Waals surface area (Å²) >= 11 is 0. The van der Waals surface area contributed by atoms with Gasteiger partial charge in [-0.25, -0.2) is 0 Å². The van der Waals surface area contributed by atoms with Crippen molar-refractivity contribution in [1.82, 2.24) is 4.90 Å². The fraction of sp³-hybridized carbons (Fsp3) is 0.562. The molecule has 2 aliphatic carbocycles. The number of hydrogen-bond donors (Lipinski definition) is 1. The van der Waals surface area contributed by atoms with E-state index in [1.54, 1.807) is 0 Å². The molecule has 0 aromatic heterocycles. The van der Waals surface area contributed by atoms with Gasteiger partial charge in [-0.15, -0.1) is 0 Å². The van der Waals surface area contributed by atoms with Crippen molar-refractivity contribution < 1.29 is 4.79 Å². The standard InChI is InChI=1S/C16H20N2O/c17-15-3-1-2-10-4-5-18(9-14(10)15)16(19)13-7-11-6-12(11)8-13/h1-3,11-13H,4-9,17H2. The number of benzene rings is 1. The average molecular weight is 256 g/mol. The highest BCUT2D eigenvalue weighted by Crippen LogP contribution is 2.54. The van der Waals surface area contributed by atoms with Crippen LogP contribution in [-0.4, -0.2) is 17.4 Å². The molecule has 2 fully saturated rings. The van der Waals surface area contributed by atoms with Crippen molar-refractivity contribution in [2.45, 2.75) is 32.2 Å². The van der Waals surface area contributed by atoms with Crippen LogP contribution in [0.5, 0.6) is 0 Å². The Morgan fingerprint density at radius 2 is 2.00 bits per heavy atom. The second-order valence-electron chi connectivity index (χ2n) is 6.42. The third-order valence-electron chi connectivity index (χ3n) is 5.21. The Labute approximate surface area is 113 Å². The van der Waals surface area contributed by atoms with E-state index in [2.05, 4.69) is 6.07 Å². The van der Waals surface area contributed by atoms with Crippen LogP contribution >= 0.6 is 0 Å². The van der Waals surface area contributed by atoms with Crippen molar-refractivity contribution in [3.8, 4) is 0 Å². The number of anilines is 1. The topological polar surface area (TPSA) is 46.3 Å². The SMILES string of the molecule is Nc1cccc2c1CN(C(=O)C1CC3CC3C1)CC2. The molecule has 19 heavy (non-hydrogen) atoms.